The maximum atomic E-state index is 13.3. The number of fused-ring (bicyclic) bond motifs is 1. The number of nitrogens with one attached hydrogen (secondary N) is 1. The van der Waals surface area contributed by atoms with E-state index in [9.17, 15) is 19.2 Å². The Morgan fingerprint density at radius 3 is 2.73 bits per heavy atom. The first-order chi connectivity index (χ1) is 15.7. The average Bonchev–Trinajstić information content (AvgIpc) is 3.24. The minimum atomic E-state index is -0.694. The van der Waals surface area contributed by atoms with Gasteiger partial charge in [0.1, 0.15) is 10.6 Å². The van der Waals surface area contributed by atoms with Crippen molar-refractivity contribution in [2.45, 2.75) is 59.5 Å². The van der Waals surface area contributed by atoms with Gasteiger partial charge < -0.3 is 10.6 Å². The molecule has 3 rings (SSSR count). The standard InChI is InChI=1S/C22H30N6O4S/c1-4-5-9-28-18(23)17(19(30)25-22(28)32)27(11-6-14(2)3)16(29)7-10-26-13-24-20-15(21(26)31)8-12-33-20/h8,12-14H,4-7,9-11,23H2,1-3H3,(H,25,30,32). The van der Waals surface area contributed by atoms with Crippen molar-refractivity contribution in [1.82, 2.24) is 19.1 Å². The number of rotatable bonds is 10. The van der Waals surface area contributed by atoms with Gasteiger partial charge in [-0.3, -0.25) is 28.5 Å². The Morgan fingerprint density at radius 2 is 2.03 bits per heavy atom. The lowest BCUT2D eigenvalue weighted by Gasteiger charge is -2.25. The lowest BCUT2D eigenvalue weighted by atomic mass is 10.1. The molecule has 0 radical (unpaired) electrons. The third-order valence-electron chi connectivity index (χ3n) is 5.47. The number of aromatic amines is 1. The summed E-state index contributed by atoms with van der Waals surface area (Å²) >= 11 is 1.38. The van der Waals surface area contributed by atoms with Crippen molar-refractivity contribution in [3.63, 3.8) is 0 Å². The molecule has 1 amide bonds. The van der Waals surface area contributed by atoms with E-state index in [1.807, 2.05) is 20.8 Å². The van der Waals surface area contributed by atoms with E-state index in [2.05, 4.69) is 9.97 Å². The maximum absolute atomic E-state index is 13.3. The van der Waals surface area contributed by atoms with E-state index in [4.69, 9.17) is 5.73 Å². The molecular weight excluding hydrogens is 444 g/mol. The molecule has 3 heterocycles. The van der Waals surface area contributed by atoms with Gasteiger partial charge in [0.05, 0.1) is 11.7 Å². The van der Waals surface area contributed by atoms with Gasteiger partial charge in [0.2, 0.25) is 5.91 Å². The first-order valence-corrected chi connectivity index (χ1v) is 12.0. The van der Waals surface area contributed by atoms with Crippen LogP contribution in [0.1, 0.15) is 46.5 Å². The van der Waals surface area contributed by atoms with Crippen molar-refractivity contribution in [1.29, 1.82) is 0 Å². The predicted octanol–water partition coefficient (Wildman–Crippen LogP) is 2.16. The molecule has 0 saturated heterocycles. The summed E-state index contributed by atoms with van der Waals surface area (Å²) in [5.41, 5.74) is 4.72. The fourth-order valence-corrected chi connectivity index (χ4v) is 4.25. The Bertz CT molecular complexity index is 1300. The smallest absolute Gasteiger partial charge is 0.330 e. The number of carbonyl (C=O) groups is 1. The minimum Gasteiger partial charge on any atom is -0.383 e. The van der Waals surface area contributed by atoms with Crippen LogP contribution in [0.15, 0.2) is 32.2 Å². The molecule has 0 fully saturated rings. The van der Waals surface area contributed by atoms with Crippen molar-refractivity contribution in [3.05, 3.63) is 49.0 Å². The third-order valence-corrected chi connectivity index (χ3v) is 6.29. The van der Waals surface area contributed by atoms with Crippen molar-refractivity contribution in [2.24, 2.45) is 5.92 Å². The van der Waals surface area contributed by atoms with E-state index in [-0.39, 0.29) is 48.4 Å². The van der Waals surface area contributed by atoms with Gasteiger partial charge >= 0.3 is 5.69 Å². The van der Waals surface area contributed by atoms with Crippen LogP contribution < -0.4 is 27.4 Å². The number of hydrogen-bond donors (Lipinski definition) is 2. The van der Waals surface area contributed by atoms with E-state index < -0.39 is 11.2 Å². The van der Waals surface area contributed by atoms with E-state index in [1.165, 1.54) is 31.7 Å². The van der Waals surface area contributed by atoms with E-state index in [0.29, 0.717) is 29.6 Å². The lowest BCUT2D eigenvalue weighted by molar-refractivity contribution is -0.118. The molecule has 0 unspecified atom stereocenters. The zero-order valence-corrected chi connectivity index (χ0v) is 20.0. The number of carbonyl (C=O) groups excluding carboxylic acids is 1. The van der Waals surface area contributed by atoms with Crippen LogP contribution >= 0.6 is 11.3 Å². The summed E-state index contributed by atoms with van der Waals surface area (Å²) in [5, 5.41) is 2.31. The molecule has 0 bridgehead atoms. The number of aromatic nitrogens is 4. The molecule has 3 aromatic heterocycles. The fraction of sp³-hybridized carbons (Fsp3) is 0.500. The first kappa shape index (κ1) is 24.4. The molecule has 0 spiro atoms. The Hall–Kier alpha value is -3.21. The van der Waals surface area contributed by atoms with Crippen molar-refractivity contribution < 1.29 is 4.79 Å². The zero-order chi connectivity index (χ0) is 24.1. The zero-order valence-electron chi connectivity index (χ0n) is 19.2. The fourth-order valence-electron chi connectivity index (χ4n) is 3.53. The summed E-state index contributed by atoms with van der Waals surface area (Å²) in [7, 11) is 0. The number of unbranched alkanes of at least 4 members (excludes halogenated alkanes) is 1. The molecule has 10 nitrogen and oxygen atoms in total. The van der Waals surface area contributed by atoms with E-state index in [1.54, 1.807) is 11.4 Å². The summed E-state index contributed by atoms with van der Waals surface area (Å²) in [6.07, 6.45) is 3.59. The molecule has 11 heteroatoms. The van der Waals surface area contributed by atoms with Gasteiger partial charge in [0.15, 0.2) is 5.69 Å². The van der Waals surface area contributed by atoms with Gasteiger partial charge in [-0.2, -0.15) is 0 Å². The second-order valence-corrected chi connectivity index (χ2v) is 9.25. The van der Waals surface area contributed by atoms with Crippen LogP contribution in [-0.4, -0.2) is 31.6 Å². The Kier molecular flexibility index (Phi) is 7.85. The van der Waals surface area contributed by atoms with Crippen molar-refractivity contribution >= 4 is 39.0 Å². The highest BCUT2D eigenvalue weighted by molar-refractivity contribution is 7.16. The normalized spacial score (nSPS) is 11.4. The number of aryl methyl sites for hydroxylation is 1. The van der Waals surface area contributed by atoms with Crippen LogP contribution in [0.5, 0.6) is 0 Å². The molecule has 0 aliphatic carbocycles. The molecule has 3 N–H and O–H groups in total. The molecule has 0 aromatic carbocycles. The molecular formula is C22H30N6O4S. The average molecular weight is 475 g/mol. The van der Waals surface area contributed by atoms with Crippen molar-refractivity contribution in [3.8, 4) is 0 Å². The number of thiophene rings is 1. The monoisotopic (exact) mass is 474 g/mol. The third kappa shape index (κ3) is 5.41. The predicted molar refractivity (Wildman–Crippen MR) is 131 cm³/mol. The lowest BCUT2D eigenvalue weighted by Crippen LogP contribution is -2.42. The Balaban J connectivity index is 1.92. The van der Waals surface area contributed by atoms with Crippen LogP contribution in [0.2, 0.25) is 0 Å². The number of nitrogen functional groups attached to an aromatic ring is 1. The topological polar surface area (TPSA) is 136 Å². The molecule has 0 aliphatic rings. The Morgan fingerprint density at radius 1 is 1.27 bits per heavy atom. The van der Waals surface area contributed by atoms with Gasteiger partial charge in [0.25, 0.3) is 11.1 Å². The largest absolute Gasteiger partial charge is 0.383 e. The summed E-state index contributed by atoms with van der Waals surface area (Å²) in [6.45, 7) is 6.74. The highest BCUT2D eigenvalue weighted by Crippen LogP contribution is 2.20. The first-order valence-electron chi connectivity index (χ1n) is 11.1. The van der Waals surface area contributed by atoms with Crippen molar-refractivity contribution in [2.75, 3.05) is 17.2 Å². The Labute approximate surface area is 194 Å². The maximum Gasteiger partial charge on any atom is 0.330 e. The van der Waals surface area contributed by atoms with Crippen LogP contribution in [0.3, 0.4) is 0 Å². The highest BCUT2D eigenvalue weighted by atomic mass is 32.1. The second kappa shape index (κ2) is 10.6. The summed E-state index contributed by atoms with van der Waals surface area (Å²) in [6, 6.07) is 1.71. The number of anilines is 2. The van der Waals surface area contributed by atoms with Crippen LogP contribution in [-0.2, 0) is 17.9 Å². The molecule has 178 valence electrons. The molecule has 33 heavy (non-hydrogen) atoms. The van der Waals surface area contributed by atoms with Crippen LogP contribution in [0.25, 0.3) is 10.2 Å². The minimum absolute atomic E-state index is 0.0184. The van der Waals surface area contributed by atoms with E-state index in [0.717, 1.165) is 6.42 Å². The van der Waals surface area contributed by atoms with Crippen LogP contribution in [0, 0.1) is 5.92 Å². The van der Waals surface area contributed by atoms with E-state index >= 15 is 0 Å². The van der Waals surface area contributed by atoms with Crippen LogP contribution in [0.4, 0.5) is 11.5 Å². The van der Waals surface area contributed by atoms with Gasteiger partial charge in [-0.1, -0.05) is 27.2 Å². The SMILES string of the molecule is CCCCn1c(N)c(N(CCC(C)C)C(=O)CCn2cnc3sccc3c2=O)c(=O)[nH]c1=O. The number of H-pyrrole nitrogens is 1. The molecule has 0 atom stereocenters. The summed E-state index contributed by atoms with van der Waals surface area (Å²) in [5.74, 6) is -0.0990. The number of hydrogen-bond acceptors (Lipinski definition) is 7. The molecule has 0 saturated carbocycles. The highest BCUT2D eigenvalue weighted by Gasteiger charge is 2.24. The summed E-state index contributed by atoms with van der Waals surface area (Å²) in [4.78, 5) is 59.5. The quantitative estimate of drug-likeness (QED) is 0.462. The molecule has 3 aromatic rings. The van der Waals surface area contributed by atoms with Gasteiger partial charge in [-0.25, -0.2) is 9.78 Å². The molecule has 0 aliphatic heterocycles. The van der Waals surface area contributed by atoms with Gasteiger partial charge in [-0.05, 0) is 30.2 Å². The second-order valence-electron chi connectivity index (χ2n) is 8.36. The number of nitrogens with two attached hydrogens (primary N) is 1. The van der Waals surface area contributed by atoms with Gasteiger partial charge in [-0.15, -0.1) is 11.3 Å². The number of nitrogens with zero attached hydrogens (tertiary/aromatic N) is 4. The number of amides is 1. The summed E-state index contributed by atoms with van der Waals surface area (Å²) < 4.78 is 2.69. The van der Waals surface area contributed by atoms with Gasteiger partial charge in [0, 0.05) is 26.1 Å².